The van der Waals surface area contributed by atoms with Gasteiger partial charge in [-0.1, -0.05) is 17.7 Å². The SMILES string of the molecule is Nc1ncccc1Nc1cccc(Cl)c1. The largest absolute Gasteiger partial charge is 0.382 e. The lowest BCUT2D eigenvalue weighted by atomic mass is 10.3. The van der Waals surface area contributed by atoms with Crippen molar-refractivity contribution in [3.05, 3.63) is 47.6 Å². The van der Waals surface area contributed by atoms with Crippen LogP contribution in [0.25, 0.3) is 0 Å². The van der Waals surface area contributed by atoms with Gasteiger partial charge in [-0.15, -0.1) is 0 Å². The van der Waals surface area contributed by atoms with Crippen LogP contribution in [0.15, 0.2) is 42.6 Å². The maximum atomic E-state index is 5.86. The zero-order chi connectivity index (χ0) is 10.7. The highest BCUT2D eigenvalue weighted by atomic mass is 35.5. The van der Waals surface area contributed by atoms with E-state index in [2.05, 4.69) is 10.3 Å². The number of hydrogen-bond donors (Lipinski definition) is 2. The summed E-state index contributed by atoms with van der Waals surface area (Å²) in [7, 11) is 0. The van der Waals surface area contributed by atoms with Crippen molar-refractivity contribution >= 4 is 28.8 Å². The Labute approximate surface area is 92.9 Å². The van der Waals surface area contributed by atoms with E-state index in [1.54, 1.807) is 6.20 Å². The summed E-state index contributed by atoms with van der Waals surface area (Å²) in [5.74, 6) is 0.470. The highest BCUT2D eigenvalue weighted by molar-refractivity contribution is 6.30. The van der Waals surface area contributed by atoms with Crippen molar-refractivity contribution in [2.45, 2.75) is 0 Å². The Kier molecular flexibility index (Phi) is 2.74. The van der Waals surface area contributed by atoms with Gasteiger partial charge in [0.05, 0.1) is 5.69 Å². The van der Waals surface area contributed by atoms with Crippen LogP contribution in [0.4, 0.5) is 17.2 Å². The van der Waals surface area contributed by atoms with Gasteiger partial charge in [0.1, 0.15) is 5.82 Å². The molecule has 1 aromatic heterocycles. The van der Waals surface area contributed by atoms with E-state index >= 15 is 0 Å². The fourth-order valence-electron chi connectivity index (χ4n) is 1.24. The van der Waals surface area contributed by atoms with Crippen molar-refractivity contribution in [1.82, 2.24) is 4.98 Å². The second-order valence-electron chi connectivity index (χ2n) is 3.07. The van der Waals surface area contributed by atoms with E-state index in [-0.39, 0.29) is 0 Å². The van der Waals surface area contributed by atoms with Crippen molar-refractivity contribution in [1.29, 1.82) is 0 Å². The molecule has 0 aliphatic heterocycles. The van der Waals surface area contributed by atoms with Crippen LogP contribution in [0, 0.1) is 0 Å². The lowest BCUT2D eigenvalue weighted by Gasteiger charge is -2.07. The number of halogens is 1. The molecule has 2 rings (SSSR count). The minimum atomic E-state index is 0.470. The van der Waals surface area contributed by atoms with Crippen LogP contribution < -0.4 is 11.1 Å². The van der Waals surface area contributed by atoms with E-state index in [1.165, 1.54) is 0 Å². The topological polar surface area (TPSA) is 50.9 Å². The van der Waals surface area contributed by atoms with Crippen molar-refractivity contribution < 1.29 is 0 Å². The molecular formula is C11H10ClN3. The third-order valence-corrected chi connectivity index (χ3v) is 2.18. The van der Waals surface area contributed by atoms with Gasteiger partial charge in [0.15, 0.2) is 0 Å². The number of hydrogen-bond acceptors (Lipinski definition) is 3. The number of nitrogen functional groups attached to an aromatic ring is 1. The standard InChI is InChI=1S/C11H10ClN3/c12-8-3-1-4-9(7-8)15-10-5-2-6-14-11(10)13/h1-7,15H,(H2,13,14). The lowest BCUT2D eigenvalue weighted by molar-refractivity contribution is 1.33. The molecule has 0 amide bonds. The first-order chi connectivity index (χ1) is 7.25. The Bertz CT molecular complexity index is 471. The Morgan fingerprint density at radius 2 is 2.07 bits per heavy atom. The predicted molar refractivity (Wildman–Crippen MR) is 63.4 cm³/mol. The second kappa shape index (κ2) is 4.19. The summed E-state index contributed by atoms with van der Waals surface area (Å²) in [6, 6.07) is 11.1. The number of pyridine rings is 1. The average Bonchev–Trinajstić information content (AvgIpc) is 2.22. The van der Waals surface area contributed by atoms with Gasteiger partial charge in [-0.25, -0.2) is 4.98 Å². The average molecular weight is 220 g/mol. The molecule has 1 heterocycles. The van der Waals surface area contributed by atoms with E-state index in [9.17, 15) is 0 Å². The summed E-state index contributed by atoms with van der Waals surface area (Å²) in [6.07, 6.45) is 1.65. The summed E-state index contributed by atoms with van der Waals surface area (Å²) >= 11 is 5.86. The van der Waals surface area contributed by atoms with E-state index in [0.29, 0.717) is 10.8 Å². The number of aromatic nitrogens is 1. The molecule has 0 saturated carbocycles. The summed E-state index contributed by atoms with van der Waals surface area (Å²) in [5.41, 5.74) is 7.37. The molecule has 0 radical (unpaired) electrons. The minimum absolute atomic E-state index is 0.470. The predicted octanol–water partition coefficient (Wildman–Crippen LogP) is 3.06. The van der Waals surface area contributed by atoms with Gasteiger partial charge in [0.2, 0.25) is 0 Å². The summed E-state index contributed by atoms with van der Waals surface area (Å²) < 4.78 is 0. The first kappa shape index (κ1) is 9.80. The van der Waals surface area contributed by atoms with Crippen LogP contribution in [0.3, 0.4) is 0 Å². The number of nitrogens with one attached hydrogen (secondary N) is 1. The highest BCUT2D eigenvalue weighted by Gasteiger charge is 1.99. The number of nitrogens with two attached hydrogens (primary N) is 1. The molecular weight excluding hydrogens is 210 g/mol. The Hall–Kier alpha value is -1.74. The van der Waals surface area contributed by atoms with Gasteiger partial charge in [-0.05, 0) is 30.3 Å². The van der Waals surface area contributed by atoms with E-state index in [0.717, 1.165) is 11.4 Å². The Balaban J connectivity index is 2.26. The maximum Gasteiger partial charge on any atom is 0.147 e. The zero-order valence-corrected chi connectivity index (χ0v) is 8.70. The van der Waals surface area contributed by atoms with Crippen LogP contribution in [0.2, 0.25) is 5.02 Å². The third-order valence-electron chi connectivity index (χ3n) is 1.94. The molecule has 76 valence electrons. The smallest absolute Gasteiger partial charge is 0.147 e. The molecule has 0 unspecified atom stereocenters. The van der Waals surface area contributed by atoms with Gasteiger partial charge in [-0.2, -0.15) is 0 Å². The zero-order valence-electron chi connectivity index (χ0n) is 7.94. The van der Waals surface area contributed by atoms with Gasteiger partial charge in [-0.3, -0.25) is 0 Å². The molecule has 0 atom stereocenters. The molecule has 0 fully saturated rings. The molecule has 0 aliphatic carbocycles. The van der Waals surface area contributed by atoms with E-state index < -0.39 is 0 Å². The van der Waals surface area contributed by atoms with E-state index in [4.69, 9.17) is 17.3 Å². The molecule has 2 aromatic rings. The van der Waals surface area contributed by atoms with Gasteiger partial charge in [0, 0.05) is 16.9 Å². The summed E-state index contributed by atoms with van der Waals surface area (Å²) in [5, 5.41) is 3.82. The lowest BCUT2D eigenvalue weighted by Crippen LogP contribution is -1.97. The highest BCUT2D eigenvalue weighted by Crippen LogP contribution is 2.22. The van der Waals surface area contributed by atoms with E-state index in [1.807, 2.05) is 36.4 Å². The van der Waals surface area contributed by atoms with Gasteiger partial charge < -0.3 is 11.1 Å². The quantitative estimate of drug-likeness (QED) is 0.816. The third kappa shape index (κ3) is 2.39. The van der Waals surface area contributed by atoms with Gasteiger partial charge in [0.25, 0.3) is 0 Å². The number of nitrogens with zero attached hydrogens (tertiary/aromatic N) is 1. The molecule has 3 nitrogen and oxygen atoms in total. The van der Waals surface area contributed by atoms with Crippen LogP contribution in [0.1, 0.15) is 0 Å². The number of benzene rings is 1. The van der Waals surface area contributed by atoms with Crippen LogP contribution in [-0.4, -0.2) is 4.98 Å². The Morgan fingerprint density at radius 3 is 2.80 bits per heavy atom. The Morgan fingerprint density at radius 1 is 1.20 bits per heavy atom. The molecule has 0 bridgehead atoms. The van der Waals surface area contributed by atoms with Crippen molar-refractivity contribution in [3.63, 3.8) is 0 Å². The molecule has 1 aromatic carbocycles. The van der Waals surface area contributed by atoms with Crippen molar-refractivity contribution in [2.24, 2.45) is 0 Å². The van der Waals surface area contributed by atoms with Crippen molar-refractivity contribution in [3.8, 4) is 0 Å². The van der Waals surface area contributed by atoms with Crippen LogP contribution in [-0.2, 0) is 0 Å². The summed E-state index contributed by atoms with van der Waals surface area (Å²) in [6.45, 7) is 0. The molecule has 0 aliphatic rings. The number of rotatable bonds is 2. The molecule has 0 saturated heterocycles. The molecule has 3 N–H and O–H groups in total. The maximum absolute atomic E-state index is 5.86. The fourth-order valence-corrected chi connectivity index (χ4v) is 1.44. The monoisotopic (exact) mass is 219 g/mol. The summed E-state index contributed by atoms with van der Waals surface area (Å²) in [4.78, 5) is 3.98. The van der Waals surface area contributed by atoms with Crippen LogP contribution in [0.5, 0.6) is 0 Å². The van der Waals surface area contributed by atoms with Gasteiger partial charge >= 0.3 is 0 Å². The fraction of sp³-hybridized carbons (Fsp3) is 0. The molecule has 4 heteroatoms. The second-order valence-corrected chi connectivity index (χ2v) is 3.51. The number of anilines is 3. The first-order valence-corrected chi connectivity index (χ1v) is 4.86. The minimum Gasteiger partial charge on any atom is -0.382 e. The first-order valence-electron chi connectivity index (χ1n) is 4.49. The normalized spacial score (nSPS) is 9.93. The van der Waals surface area contributed by atoms with Crippen LogP contribution >= 0.6 is 11.6 Å². The van der Waals surface area contributed by atoms with Crippen molar-refractivity contribution in [2.75, 3.05) is 11.1 Å². The molecule has 0 spiro atoms. The molecule has 15 heavy (non-hydrogen) atoms.